The molecule has 0 aliphatic carbocycles. The van der Waals surface area contributed by atoms with Gasteiger partial charge in [-0.05, 0) is 32.4 Å². The molecule has 0 heterocycles. The number of aliphatic hydroxyl groups is 1. The average molecular weight is 193 g/mol. The van der Waals surface area contributed by atoms with Gasteiger partial charge in [-0.1, -0.05) is 30.3 Å². The molecule has 0 aliphatic rings. The number of aliphatic hydroxyl groups excluding tert-OH is 1. The lowest BCUT2D eigenvalue weighted by Crippen LogP contribution is -2.22. The Hall–Kier alpha value is -0.860. The second-order valence-corrected chi connectivity index (χ2v) is 3.72. The molecule has 0 aromatic heterocycles. The van der Waals surface area contributed by atoms with Gasteiger partial charge in [0.05, 0.1) is 6.10 Å². The van der Waals surface area contributed by atoms with Gasteiger partial charge in [-0.25, -0.2) is 0 Å². The quantitative estimate of drug-likeness (QED) is 0.750. The normalized spacial score (nSPS) is 15.1. The van der Waals surface area contributed by atoms with Crippen molar-refractivity contribution in [1.29, 1.82) is 0 Å². The summed E-state index contributed by atoms with van der Waals surface area (Å²) in [5.41, 5.74) is 1.29. The SMILES string of the molecule is CC(O)CCN[C@H](C)c1ccccc1. The monoisotopic (exact) mass is 193 g/mol. The van der Waals surface area contributed by atoms with Gasteiger partial charge in [0.2, 0.25) is 0 Å². The van der Waals surface area contributed by atoms with Crippen molar-refractivity contribution in [2.24, 2.45) is 0 Å². The Kier molecular flexibility index (Phi) is 4.63. The van der Waals surface area contributed by atoms with Crippen molar-refractivity contribution in [1.82, 2.24) is 5.32 Å². The van der Waals surface area contributed by atoms with Gasteiger partial charge in [0.15, 0.2) is 0 Å². The summed E-state index contributed by atoms with van der Waals surface area (Å²) < 4.78 is 0. The summed E-state index contributed by atoms with van der Waals surface area (Å²) in [7, 11) is 0. The van der Waals surface area contributed by atoms with E-state index in [0.29, 0.717) is 6.04 Å². The van der Waals surface area contributed by atoms with Crippen LogP contribution in [0.4, 0.5) is 0 Å². The van der Waals surface area contributed by atoms with E-state index >= 15 is 0 Å². The lowest BCUT2D eigenvalue weighted by atomic mass is 10.1. The van der Waals surface area contributed by atoms with Crippen molar-refractivity contribution in [2.75, 3.05) is 6.54 Å². The van der Waals surface area contributed by atoms with Crippen LogP contribution in [0.15, 0.2) is 30.3 Å². The fourth-order valence-corrected chi connectivity index (χ4v) is 1.37. The summed E-state index contributed by atoms with van der Waals surface area (Å²) in [5, 5.41) is 12.5. The minimum atomic E-state index is -0.217. The highest BCUT2D eigenvalue weighted by atomic mass is 16.3. The lowest BCUT2D eigenvalue weighted by Gasteiger charge is -2.14. The van der Waals surface area contributed by atoms with E-state index in [1.807, 2.05) is 25.1 Å². The third-order valence-electron chi connectivity index (χ3n) is 2.31. The molecule has 78 valence electrons. The van der Waals surface area contributed by atoms with Gasteiger partial charge in [-0.2, -0.15) is 0 Å². The number of hydrogen-bond acceptors (Lipinski definition) is 2. The van der Waals surface area contributed by atoms with Crippen molar-refractivity contribution >= 4 is 0 Å². The minimum absolute atomic E-state index is 0.217. The van der Waals surface area contributed by atoms with E-state index in [9.17, 15) is 0 Å². The lowest BCUT2D eigenvalue weighted by molar-refractivity contribution is 0.182. The minimum Gasteiger partial charge on any atom is -0.393 e. The first-order valence-corrected chi connectivity index (χ1v) is 5.16. The fraction of sp³-hybridized carbons (Fsp3) is 0.500. The number of benzene rings is 1. The van der Waals surface area contributed by atoms with Gasteiger partial charge < -0.3 is 10.4 Å². The fourth-order valence-electron chi connectivity index (χ4n) is 1.37. The van der Waals surface area contributed by atoms with Gasteiger partial charge in [0, 0.05) is 6.04 Å². The molecule has 2 heteroatoms. The second-order valence-electron chi connectivity index (χ2n) is 3.72. The van der Waals surface area contributed by atoms with Crippen LogP contribution in [-0.4, -0.2) is 17.8 Å². The first kappa shape index (κ1) is 11.2. The van der Waals surface area contributed by atoms with Crippen LogP contribution in [0.2, 0.25) is 0 Å². The van der Waals surface area contributed by atoms with Crippen molar-refractivity contribution < 1.29 is 5.11 Å². The summed E-state index contributed by atoms with van der Waals surface area (Å²) in [6.45, 7) is 4.81. The number of hydrogen-bond donors (Lipinski definition) is 2. The highest BCUT2D eigenvalue weighted by Crippen LogP contribution is 2.10. The molecule has 0 radical (unpaired) electrons. The molecular formula is C12H19NO. The van der Waals surface area contributed by atoms with Crippen LogP contribution in [0, 0.1) is 0 Å². The van der Waals surface area contributed by atoms with Crippen LogP contribution < -0.4 is 5.32 Å². The molecule has 0 saturated heterocycles. The van der Waals surface area contributed by atoms with Crippen molar-refractivity contribution in [3.8, 4) is 0 Å². The van der Waals surface area contributed by atoms with Crippen molar-refractivity contribution in [3.63, 3.8) is 0 Å². The predicted molar refractivity (Wildman–Crippen MR) is 59.2 cm³/mol. The molecular weight excluding hydrogens is 174 g/mol. The summed E-state index contributed by atoms with van der Waals surface area (Å²) >= 11 is 0. The van der Waals surface area contributed by atoms with Crippen LogP contribution in [0.25, 0.3) is 0 Å². The molecule has 1 aromatic rings. The molecule has 2 N–H and O–H groups in total. The van der Waals surface area contributed by atoms with E-state index in [1.165, 1.54) is 5.56 Å². The maximum absolute atomic E-state index is 9.10. The molecule has 14 heavy (non-hydrogen) atoms. The van der Waals surface area contributed by atoms with Gasteiger partial charge >= 0.3 is 0 Å². The molecule has 1 aromatic carbocycles. The molecule has 0 aliphatic heterocycles. The van der Waals surface area contributed by atoms with Gasteiger partial charge in [-0.3, -0.25) is 0 Å². The van der Waals surface area contributed by atoms with Crippen LogP contribution in [-0.2, 0) is 0 Å². The van der Waals surface area contributed by atoms with Crippen LogP contribution in [0.3, 0.4) is 0 Å². The Labute approximate surface area is 86.0 Å². The summed E-state index contributed by atoms with van der Waals surface area (Å²) in [5.74, 6) is 0. The molecule has 2 atom stereocenters. The highest BCUT2D eigenvalue weighted by molar-refractivity contribution is 5.17. The first-order chi connectivity index (χ1) is 6.70. The van der Waals surface area contributed by atoms with E-state index in [-0.39, 0.29) is 6.10 Å². The molecule has 1 unspecified atom stereocenters. The molecule has 0 bridgehead atoms. The number of rotatable bonds is 5. The average Bonchev–Trinajstić information content (AvgIpc) is 2.18. The second kappa shape index (κ2) is 5.78. The van der Waals surface area contributed by atoms with Gasteiger partial charge in [0.25, 0.3) is 0 Å². The standard InChI is InChI=1S/C12H19NO/c1-10(14)8-9-13-11(2)12-6-4-3-5-7-12/h3-7,10-11,13-14H,8-9H2,1-2H3/t10?,11-/m1/s1. The number of nitrogens with one attached hydrogen (secondary N) is 1. The maximum Gasteiger partial charge on any atom is 0.0524 e. The Morgan fingerprint density at radius 3 is 2.43 bits per heavy atom. The summed E-state index contributed by atoms with van der Waals surface area (Å²) in [6, 6.07) is 10.7. The maximum atomic E-state index is 9.10. The zero-order chi connectivity index (χ0) is 10.4. The third kappa shape index (κ3) is 3.90. The van der Waals surface area contributed by atoms with Crippen LogP contribution in [0.1, 0.15) is 31.9 Å². The van der Waals surface area contributed by atoms with E-state index in [2.05, 4.69) is 24.4 Å². The van der Waals surface area contributed by atoms with Gasteiger partial charge in [0.1, 0.15) is 0 Å². The van der Waals surface area contributed by atoms with Crippen LogP contribution in [0.5, 0.6) is 0 Å². The summed E-state index contributed by atoms with van der Waals surface area (Å²) in [4.78, 5) is 0. The molecule has 1 rings (SSSR count). The van der Waals surface area contributed by atoms with Crippen molar-refractivity contribution in [3.05, 3.63) is 35.9 Å². The zero-order valence-electron chi connectivity index (χ0n) is 8.90. The Morgan fingerprint density at radius 2 is 1.86 bits per heavy atom. The zero-order valence-corrected chi connectivity index (χ0v) is 8.90. The molecule has 0 spiro atoms. The third-order valence-corrected chi connectivity index (χ3v) is 2.31. The summed E-state index contributed by atoms with van der Waals surface area (Å²) in [6.07, 6.45) is 0.586. The topological polar surface area (TPSA) is 32.3 Å². The Morgan fingerprint density at radius 1 is 1.21 bits per heavy atom. The highest BCUT2D eigenvalue weighted by Gasteiger charge is 2.03. The van der Waals surface area contributed by atoms with Crippen molar-refractivity contribution in [2.45, 2.75) is 32.4 Å². The largest absolute Gasteiger partial charge is 0.393 e. The molecule has 0 saturated carbocycles. The first-order valence-electron chi connectivity index (χ1n) is 5.16. The Bertz CT molecular complexity index is 246. The van der Waals surface area contributed by atoms with E-state index in [1.54, 1.807) is 0 Å². The molecule has 2 nitrogen and oxygen atoms in total. The van der Waals surface area contributed by atoms with E-state index in [0.717, 1.165) is 13.0 Å². The smallest absolute Gasteiger partial charge is 0.0524 e. The van der Waals surface area contributed by atoms with E-state index < -0.39 is 0 Å². The predicted octanol–water partition coefficient (Wildman–Crippen LogP) is 2.11. The van der Waals surface area contributed by atoms with E-state index in [4.69, 9.17) is 5.11 Å². The Balaban J connectivity index is 2.32. The molecule has 0 fully saturated rings. The van der Waals surface area contributed by atoms with Crippen LogP contribution >= 0.6 is 0 Å². The molecule has 0 amide bonds. The van der Waals surface area contributed by atoms with Gasteiger partial charge in [-0.15, -0.1) is 0 Å².